The van der Waals surface area contributed by atoms with E-state index >= 15 is 0 Å². The number of rotatable bonds is 5. The average molecular weight is 469 g/mol. The Morgan fingerprint density at radius 2 is 1.69 bits per heavy atom. The number of nitrogens with zero attached hydrogens (tertiary/aromatic N) is 4. The molecule has 35 heavy (non-hydrogen) atoms. The van der Waals surface area contributed by atoms with Gasteiger partial charge in [-0.15, -0.1) is 0 Å². The Bertz CT molecular complexity index is 1310. The highest BCUT2D eigenvalue weighted by Crippen LogP contribution is 2.33. The lowest BCUT2D eigenvalue weighted by atomic mass is 9.95. The van der Waals surface area contributed by atoms with Gasteiger partial charge >= 0.3 is 0 Å². The molecule has 1 aliphatic heterocycles. The molecule has 3 heterocycles. The summed E-state index contributed by atoms with van der Waals surface area (Å²) in [5.41, 5.74) is 9.69. The summed E-state index contributed by atoms with van der Waals surface area (Å²) in [7, 11) is 0. The molecule has 5 heteroatoms. The minimum absolute atomic E-state index is 0.126. The number of aromatic nitrogens is 3. The molecule has 0 bridgehead atoms. The molecule has 0 saturated carbocycles. The molecule has 182 valence electrons. The molecule has 1 aliphatic rings. The van der Waals surface area contributed by atoms with Crippen molar-refractivity contribution in [2.75, 3.05) is 11.4 Å². The first kappa shape index (κ1) is 24.6. The fraction of sp³-hybridized carbons (Fsp3) is 0.367. The first-order valence-electron chi connectivity index (χ1n) is 12.2. The van der Waals surface area contributed by atoms with Crippen LogP contribution in [-0.2, 0) is 16.8 Å². The van der Waals surface area contributed by atoms with Crippen LogP contribution in [0.15, 0.2) is 65.8 Å². The van der Waals surface area contributed by atoms with Crippen LogP contribution in [0.3, 0.4) is 0 Å². The molecule has 0 saturated heterocycles. The van der Waals surface area contributed by atoms with E-state index in [2.05, 4.69) is 94.8 Å². The minimum atomic E-state index is -0.126. The SMILES string of the molecule is CC1=CC(OCc2cccc(C)c2)=C(C)CN1c1cc(-c2nc(C(C)(C)C)ncc2C)ncc1C. The standard InChI is InChI=1S/C30H36N4O/c1-19-10-9-11-24(12-19)18-35-27-13-23(5)34(17-22(27)4)26-14-25(31-15-20(26)2)28-21(3)16-32-29(33-28)30(6,7)8/h9-16H,17-18H2,1-8H3. The molecule has 0 spiro atoms. The molecule has 0 atom stereocenters. The molecular weight excluding hydrogens is 432 g/mol. The van der Waals surface area contributed by atoms with Gasteiger partial charge in [0.1, 0.15) is 18.2 Å². The van der Waals surface area contributed by atoms with Gasteiger partial charge in [0.25, 0.3) is 0 Å². The maximum atomic E-state index is 6.22. The number of hydrogen-bond donors (Lipinski definition) is 0. The van der Waals surface area contributed by atoms with E-state index in [1.807, 2.05) is 19.3 Å². The molecule has 0 unspecified atom stereocenters. The molecular formula is C30H36N4O. The molecule has 0 fully saturated rings. The molecule has 5 nitrogen and oxygen atoms in total. The second-order valence-electron chi connectivity index (χ2n) is 10.6. The van der Waals surface area contributed by atoms with Crippen LogP contribution < -0.4 is 4.90 Å². The Kier molecular flexibility index (Phi) is 6.79. The van der Waals surface area contributed by atoms with Crippen molar-refractivity contribution in [3.63, 3.8) is 0 Å². The van der Waals surface area contributed by atoms with Crippen LogP contribution in [0.1, 0.15) is 62.7 Å². The van der Waals surface area contributed by atoms with Gasteiger partial charge in [0.2, 0.25) is 0 Å². The van der Waals surface area contributed by atoms with E-state index in [1.165, 1.54) is 16.7 Å². The Morgan fingerprint density at radius 3 is 2.40 bits per heavy atom. The van der Waals surface area contributed by atoms with Crippen LogP contribution in [0.2, 0.25) is 0 Å². The molecule has 1 aromatic carbocycles. The van der Waals surface area contributed by atoms with Crippen molar-refractivity contribution < 1.29 is 4.74 Å². The van der Waals surface area contributed by atoms with E-state index in [9.17, 15) is 0 Å². The Hall–Kier alpha value is -3.47. The van der Waals surface area contributed by atoms with Crippen molar-refractivity contribution >= 4 is 5.69 Å². The van der Waals surface area contributed by atoms with Gasteiger partial charge in [-0.1, -0.05) is 50.6 Å². The Labute approximate surface area is 209 Å². The van der Waals surface area contributed by atoms with Gasteiger partial charge in [0.05, 0.1) is 11.4 Å². The molecule has 0 aliphatic carbocycles. The maximum absolute atomic E-state index is 6.22. The van der Waals surface area contributed by atoms with Gasteiger partial charge in [-0.2, -0.15) is 0 Å². The molecule has 3 aromatic rings. The fourth-order valence-corrected chi connectivity index (χ4v) is 4.23. The Morgan fingerprint density at radius 1 is 0.943 bits per heavy atom. The number of pyridine rings is 1. The quantitative estimate of drug-likeness (QED) is 0.404. The molecule has 4 rings (SSSR count). The van der Waals surface area contributed by atoms with E-state index in [4.69, 9.17) is 14.7 Å². The highest BCUT2D eigenvalue weighted by atomic mass is 16.5. The molecule has 0 N–H and O–H groups in total. The summed E-state index contributed by atoms with van der Waals surface area (Å²) >= 11 is 0. The normalized spacial score (nSPS) is 14.3. The summed E-state index contributed by atoms with van der Waals surface area (Å²) in [6.45, 7) is 18.3. The zero-order valence-corrected chi connectivity index (χ0v) is 22.2. The third-order valence-electron chi connectivity index (χ3n) is 6.31. The highest BCUT2D eigenvalue weighted by Gasteiger charge is 2.22. The summed E-state index contributed by atoms with van der Waals surface area (Å²) in [6, 6.07) is 10.6. The minimum Gasteiger partial charge on any atom is -0.489 e. The molecule has 2 aromatic heterocycles. The van der Waals surface area contributed by atoms with Crippen LogP contribution >= 0.6 is 0 Å². The van der Waals surface area contributed by atoms with Gasteiger partial charge in [-0.05, 0) is 69.0 Å². The summed E-state index contributed by atoms with van der Waals surface area (Å²) < 4.78 is 6.22. The predicted octanol–water partition coefficient (Wildman–Crippen LogP) is 6.98. The van der Waals surface area contributed by atoms with Gasteiger partial charge in [-0.3, -0.25) is 4.98 Å². The van der Waals surface area contributed by atoms with Crippen molar-refractivity contribution in [2.45, 2.75) is 67.4 Å². The number of benzene rings is 1. The second-order valence-corrected chi connectivity index (χ2v) is 10.6. The largest absolute Gasteiger partial charge is 0.489 e. The van der Waals surface area contributed by atoms with Crippen molar-refractivity contribution in [2.24, 2.45) is 0 Å². The lowest BCUT2D eigenvalue weighted by Gasteiger charge is -2.32. The first-order valence-corrected chi connectivity index (χ1v) is 12.2. The third kappa shape index (κ3) is 5.45. The predicted molar refractivity (Wildman–Crippen MR) is 143 cm³/mol. The number of ether oxygens (including phenoxy) is 1. The van der Waals surface area contributed by atoms with Crippen LogP contribution in [0.25, 0.3) is 11.4 Å². The third-order valence-corrected chi connectivity index (χ3v) is 6.31. The van der Waals surface area contributed by atoms with Crippen molar-refractivity contribution in [3.05, 3.63) is 93.9 Å². The summed E-state index contributed by atoms with van der Waals surface area (Å²) in [5, 5.41) is 0. The van der Waals surface area contributed by atoms with Crippen LogP contribution in [-0.4, -0.2) is 21.5 Å². The highest BCUT2D eigenvalue weighted by molar-refractivity contribution is 5.69. The molecule has 0 amide bonds. The molecule has 0 radical (unpaired) electrons. The first-order chi connectivity index (χ1) is 16.5. The summed E-state index contributed by atoms with van der Waals surface area (Å²) in [4.78, 5) is 16.5. The van der Waals surface area contributed by atoms with E-state index < -0.39 is 0 Å². The van der Waals surface area contributed by atoms with Crippen LogP contribution in [0, 0.1) is 20.8 Å². The van der Waals surface area contributed by atoms with Gasteiger partial charge < -0.3 is 9.64 Å². The van der Waals surface area contributed by atoms with E-state index in [0.29, 0.717) is 6.61 Å². The van der Waals surface area contributed by atoms with Gasteiger partial charge in [-0.25, -0.2) is 9.97 Å². The summed E-state index contributed by atoms with van der Waals surface area (Å²) in [6.07, 6.45) is 5.99. The second kappa shape index (κ2) is 9.65. The lowest BCUT2D eigenvalue weighted by Crippen LogP contribution is -2.28. The summed E-state index contributed by atoms with van der Waals surface area (Å²) in [5.74, 6) is 1.78. The van der Waals surface area contributed by atoms with Gasteiger partial charge in [0.15, 0.2) is 0 Å². The van der Waals surface area contributed by atoms with Crippen LogP contribution in [0.5, 0.6) is 0 Å². The van der Waals surface area contributed by atoms with E-state index in [-0.39, 0.29) is 5.41 Å². The number of allylic oxidation sites excluding steroid dienone is 2. The zero-order valence-electron chi connectivity index (χ0n) is 22.2. The van der Waals surface area contributed by atoms with Crippen LogP contribution in [0.4, 0.5) is 5.69 Å². The Balaban J connectivity index is 1.61. The van der Waals surface area contributed by atoms with Crippen molar-refractivity contribution in [1.82, 2.24) is 15.0 Å². The number of aryl methyl sites for hydroxylation is 3. The van der Waals surface area contributed by atoms with E-state index in [0.717, 1.165) is 52.0 Å². The van der Waals surface area contributed by atoms with E-state index in [1.54, 1.807) is 0 Å². The topological polar surface area (TPSA) is 51.1 Å². The lowest BCUT2D eigenvalue weighted by molar-refractivity contribution is 0.206. The van der Waals surface area contributed by atoms with Crippen molar-refractivity contribution in [3.8, 4) is 11.4 Å². The van der Waals surface area contributed by atoms with Gasteiger partial charge in [0, 0.05) is 35.7 Å². The monoisotopic (exact) mass is 468 g/mol. The van der Waals surface area contributed by atoms with Crippen molar-refractivity contribution in [1.29, 1.82) is 0 Å². The maximum Gasteiger partial charge on any atom is 0.134 e. The zero-order chi connectivity index (χ0) is 25.3. The number of anilines is 1. The number of hydrogen-bond acceptors (Lipinski definition) is 5. The fourth-order valence-electron chi connectivity index (χ4n) is 4.23. The average Bonchev–Trinajstić information content (AvgIpc) is 2.79. The smallest absolute Gasteiger partial charge is 0.134 e.